The summed E-state index contributed by atoms with van der Waals surface area (Å²) in [6.45, 7) is 5.12. The van der Waals surface area contributed by atoms with Crippen LogP contribution in [-0.2, 0) is 11.3 Å². The number of nitrogens with one attached hydrogen (secondary N) is 2. The molecule has 130 valence electrons. The van der Waals surface area contributed by atoms with Crippen molar-refractivity contribution in [3.8, 4) is 0 Å². The fraction of sp³-hybridized carbons (Fsp3) is 0.316. The number of likely N-dealkylation sites (tertiary alicyclic amines) is 1. The van der Waals surface area contributed by atoms with E-state index in [0.717, 1.165) is 11.1 Å². The van der Waals surface area contributed by atoms with Crippen LogP contribution in [0.3, 0.4) is 0 Å². The molecule has 1 unspecified atom stereocenters. The second-order valence-electron chi connectivity index (χ2n) is 6.38. The van der Waals surface area contributed by atoms with Crippen LogP contribution in [0.25, 0.3) is 0 Å². The van der Waals surface area contributed by atoms with Crippen LogP contribution in [-0.4, -0.2) is 34.4 Å². The standard InChI is InChI=1S/C19H22N4O2/c1-13-3-5-15(6-4-13)12-23-10-8-17(18(23)24)22-19(25)21-16-7-9-20-11-14(16)2/h3-7,9,11,17H,8,10,12H2,1-2H3,(H2,20,21,22,25). The first-order valence-electron chi connectivity index (χ1n) is 8.35. The Morgan fingerprint density at radius 3 is 2.72 bits per heavy atom. The summed E-state index contributed by atoms with van der Waals surface area (Å²) in [5.41, 5.74) is 3.85. The summed E-state index contributed by atoms with van der Waals surface area (Å²) in [6.07, 6.45) is 3.92. The molecule has 0 aliphatic carbocycles. The maximum Gasteiger partial charge on any atom is 0.319 e. The Labute approximate surface area is 147 Å². The third-order valence-electron chi connectivity index (χ3n) is 4.37. The van der Waals surface area contributed by atoms with Crippen LogP contribution in [0.15, 0.2) is 42.7 Å². The second kappa shape index (κ2) is 7.34. The highest BCUT2D eigenvalue weighted by atomic mass is 16.2. The van der Waals surface area contributed by atoms with E-state index in [1.807, 2.05) is 38.1 Å². The smallest absolute Gasteiger partial charge is 0.319 e. The number of aromatic nitrogens is 1. The van der Waals surface area contributed by atoms with Gasteiger partial charge in [0.2, 0.25) is 5.91 Å². The molecule has 6 nitrogen and oxygen atoms in total. The topological polar surface area (TPSA) is 74.3 Å². The summed E-state index contributed by atoms with van der Waals surface area (Å²) in [6, 6.07) is 9.02. The van der Waals surface area contributed by atoms with E-state index in [1.54, 1.807) is 23.4 Å². The predicted molar refractivity (Wildman–Crippen MR) is 96.1 cm³/mol. The summed E-state index contributed by atoms with van der Waals surface area (Å²) < 4.78 is 0. The number of carbonyl (C=O) groups is 2. The molecular formula is C19H22N4O2. The zero-order chi connectivity index (χ0) is 17.8. The summed E-state index contributed by atoms with van der Waals surface area (Å²) in [5, 5.41) is 5.54. The van der Waals surface area contributed by atoms with Crippen molar-refractivity contribution < 1.29 is 9.59 Å². The maximum absolute atomic E-state index is 12.5. The zero-order valence-corrected chi connectivity index (χ0v) is 14.5. The van der Waals surface area contributed by atoms with Crippen molar-refractivity contribution in [1.29, 1.82) is 0 Å². The van der Waals surface area contributed by atoms with Crippen molar-refractivity contribution in [2.24, 2.45) is 0 Å². The molecule has 0 radical (unpaired) electrons. The fourth-order valence-corrected chi connectivity index (χ4v) is 2.87. The van der Waals surface area contributed by atoms with E-state index in [-0.39, 0.29) is 11.9 Å². The molecule has 1 aromatic heterocycles. The number of anilines is 1. The van der Waals surface area contributed by atoms with Gasteiger partial charge in [-0.2, -0.15) is 0 Å². The van der Waals surface area contributed by atoms with E-state index in [0.29, 0.717) is 25.2 Å². The SMILES string of the molecule is Cc1ccc(CN2CCC(NC(=O)Nc3ccncc3C)C2=O)cc1. The van der Waals surface area contributed by atoms with E-state index in [4.69, 9.17) is 0 Å². The molecule has 3 rings (SSSR count). The van der Waals surface area contributed by atoms with E-state index >= 15 is 0 Å². The minimum atomic E-state index is -0.479. The molecule has 3 amide bonds. The highest BCUT2D eigenvalue weighted by Gasteiger charge is 2.32. The molecular weight excluding hydrogens is 316 g/mol. The third kappa shape index (κ3) is 4.15. The van der Waals surface area contributed by atoms with Crippen molar-refractivity contribution in [3.05, 3.63) is 59.4 Å². The molecule has 1 aliphatic heterocycles. The van der Waals surface area contributed by atoms with Crippen LogP contribution in [0.1, 0.15) is 23.1 Å². The van der Waals surface area contributed by atoms with Gasteiger partial charge in [0.05, 0.1) is 0 Å². The van der Waals surface area contributed by atoms with Gasteiger partial charge in [-0.25, -0.2) is 4.79 Å². The number of amides is 3. The van der Waals surface area contributed by atoms with Crippen molar-refractivity contribution in [1.82, 2.24) is 15.2 Å². The number of aryl methyl sites for hydroxylation is 2. The first-order chi connectivity index (χ1) is 12.0. The van der Waals surface area contributed by atoms with Crippen molar-refractivity contribution in [2.75, 3.05) is 11.9 Å². The van der Waals surface area contributed by atoms with Crippen LogP contribution in [0, 0.1) is 13.8 Å². The number of hydrogen-bond donors (Lipinski definition) is 2. The van der Waals surface area contributed by atoms with Crippen LogP contribution >= 0.6 is 0 Å². The number of hydrogen-bond acceptors (Lipinski definition) is 3. The largest absolute Gasteiger partial charge is 0.336 e. The molecule has 0 spiro atoms. The van der Waals surface area contributed by atoms with Gasteiger partial charge in [-0.1, -0.05) is 29.8 Å². The number of urea groups is 1. The lowest BCUT2D eigenvalue weighted by molar-refractivity contribution is -0.129. The Morgan fingerprint density at radius 2 is 2.00 bits per heavy atom. The first-order valence-corrected chi connectivity index (χ1v) is 8.35. The molecule has 1 aromatic carbocycles. The average molecular weight is 338 g/mol. The van der Waals surface area contributed by atoms with Gasteiger partial charge in [-0.3, -0.25) is 9.78 Å². The number of carbonyl (C=O) groups excluding carboxylic acids is 2. The minimum absolute atomic E-state index is 0.0397. The Hall–Kier alpha value is -2.89. The average Bonchev–Trinajstić information content (AvgIpc) is 2.92. The molecule has 1 saturated heterocycles. The maximum atomic E-state index is 12.5. The van der Waals surface area contributed by atoms with E-state index in [1.165, 1.54) is 5.56 Å². The summed E-state index contributed by atoms with van der Waals surface area (Å²) in [7, 11) is 0. The van der Waals surface area contributed by atoms with Crippen LogP contribution in [0.4, 0.5) is 10.5 Å². The molecule has 6 heteroatoms. The second-order valence-corrected chi connectivity index (χ2v) is 6.38. The molecule has 1 atom stereocenters. The number of benzene rings is 1. The minimum Gasteiger partial charge on any atom is -0.336 e. The lowest BCUT2D eigenvalue weighted by atomic mass is 10.1. The van der Waals surface area contributed by atoms with Gasteiger partial charge in [0.1, 0.15) is 6.04 Å². The van der Waals surface area contributed by atoms with Gasteiger partial charge in [0, 0.05) is 31.2 Å². The lowest BCUT2D eigenvalue weighted by Gasteiger charge is -2.18. The monoisotopic (exact) mass is 338 g/mol. The Balaban J connectivity index is 1.55. The summed E-state index contributed by atoms with van der Waals surface area (Å²) in [5.74, 6) is -0.0397. The van der Waals surface area contributed by atoms with Gasteiger partial charge in [-0.05, 0) is 37.5 Å². The number of rotatable bonds is 4. The Bertz CT molecular complexity index is 773. The van der Waals surface area contributed by atoms with Crippen LogP contribution in [0.2, 0.25) is 0 Å². The lowest BCUT2D eigenvalue weighted by Crippen LogP contribution is -2.43. The fourth-order valence-electron chi connectivity index (χ4n) is 2.87. The Kier molecular flexibility index (Phi) is 4.97. The van der Waals surface area contributed by atoms with E-state index in [2.05, 4.69) is 15.6 Å². The van der Waals surface area contributed by atoms with Crippen LogP contribution < -0.4 is 10.6 Å². The summed E-state index contributed by atoms with van der Waals surface area (Å²) >= 11 is 0. The van der Waals surface area contributed by atoms with Gasteiger partial charge >= 0.3 is 6.03 Å². The van der Waals surface area contributed by atoms with Gasteiger partial charge in [0.25, 0.3) is 0 Å². The molecule has 1 aliphatic rings. The highest BCUT2D eigenvalue weighted by Crippen LogP contribution is 2.16. The van der Waals surface area contributed by atoms with E-state index in [9.17, 15) is 9.59 Å². The van der Waals surface area contributed by atoms with Gasteiger partial charge < -0.3 is 15.5 Å². The molecule has 25 heavy (non-hydrogen) atoms. The van der Waals surface area contributed by atoms with Crippen molar-refractivity contribution in [2.45, 2.75) is 32.9 Å². The van der Waals surface area contributed by atoms with Crippen molar-refractivity contribution in [3.63, 3.8) is 0 Å². The van der Waals surface area contributed by atoms with Crippen LogP contribution in [0.5, 0.6) is 0 Å². The molecule has 2 aromatic rings. The normalized spacial score (nSPS) is 16.8. The molecule has 2 heterocycles. The van der Waals surface area contributed by atoms with Gasteiger partial charge in [-0.15, -0.1) is 0 Å². The number of nitrogens with zero attached hydrogens (tertiary/aromatic N) is 2. The molecule has 1 fully saturated rings. The van der Waals surface area contributed by atoms with E-state index < -0.39 is 6.04 Å². The predicted octanol–water partition coefficient (Wildman–Crippen LogP) is 2.62. The third-order valence-corrected chi connectivity index (χ3v) is 4.37. The van der Waals surface area contributed by atoms with Gasteiger partial charge in [0.15, 0.2) is 0 Å². The quantitative estimate of drug-likeness (QED) is 0.900. The molecule has 2 N–H and O–H groups in total. The highest BCUT2D eigenvalue weighted by molar-refractivity contribution is 5.94. The summed E-state index contributed by atoms with van der Waals surface area (Å²) in [4.78, 5) is 30.4. The first kappa shape index (κ1) is 17.0. The number of pyridine rings is 1. The Morgan fingerprint density at radius 1 is 1.24 bits per heavy atom. The molecule has 0 saturated carbocycles. The zero-order valence-electron chi connectivity index (χ0n) is 14.5. The molecule has 0 bridgehead atoms. The van der Waals surface area contributed by atoms with Crippen molar-refractivity contribution >= 4 is 17.6 Å².